The standard InChI is InChI=1S/C20H25FN2O4S/c1-13(2)11-22-28(25,26)17-7-8-19(15(4)9-17)27-12-20(24)23-18-10-16(21)6-5-14(18)3/h5-10,13,22H,11-12H2,1-4H3,(H,23,24). The Morgan fingerprint density at radius 1 is 1.11 bits per heavy atom. The third kappa shape index (κ3) is 6.03. The van der Waals surface area contributed by atoms with Gasteiger partial charge in [0.15, 0.2) is 6.61 Å². The average molecular weight is 408 g/mol. The molecule has 0 saturated carbocycles. The maximum Gasteiger partial charge on any atom is 0.262 e. The van der Waals surface area contributed by atoms with E-state index < -0.39 is 21.7 Å². The minimum absolute atomic E-state index is 0.137. The summed E-state index contributed by atoms with van der Waals surface area (Å²) in [6, 6.07) is 8.56. The second-order valence-corrected chi connectivity index (χ2v) is 8.74. The SMILES string of the molecule is Cc1ccc(F)cc1NC(=O)COc1ccc(S(=O)(=O)NCC(C)C)cc1C. The highest BCUT2D eigenvalue weighted by Crippen LogP contribution is 2.22. The fraction of sp³-hybridized carbons (Fsp3) is 0.350. The van der Waals surface area contributed by atoms with Gasteiger partial charge in [0.1, 0.15) is 11.6 Å². The fourth-order valence-electron chi connectivity index (χ4n) is 2.37. The fourth-order valence-corrected chi connectivity index (χ4v) is 3.67. The first-order chi connectivity index (χ1) is 13.1. The second-order valence-electron chi connectivity index (χ2n) is 6.97. The number of ether oxygens (including phenoxy) is 1. The molecule has 1 amide bonds. The number of carbonyl (C=O) groups is 1. The molecule has 2 aromatic rings. The summed E-state index contributed by atoms with van der Waals surface area (Å²) in [5.74, 6) is -0.295. The molecule has 0 aliphatic heterocycles. The molecule has 2 rings (SSSR count). The first-order valence-electron chi connectivity index (χ1n) is 8.87. The smallest absolute Gasteiger partial charge is 0.262 e. The quantitative estimate of drug-likeness (QED) is 0.701. The van der Waals surface area contributed by atoms with Crippen molar-refractivity contribution in [2.75, 3.05) is 18.5 Å². The van der Waals surface area contributed by atoms with E-state index in [0.29, 0.717) is 23.5 Å². The predicted molar refractivity (Wildman–Crippen MR) is 106 cm³/mol. The average Bonchev–Trinajstić information content (AvgIpc) is 2.62. The number of aryl methyl sites for hydroxylation is 2. The van der Waals surface area contributed by atoms with Crippen LogP contribution >= 0.6 is 0 Å². The Hall–Kier alpha value is -2.45. The monoisotopic (exact) mass is 408 g/mol. The van der Waals surface area contributed by atoms with Crippen molar-refractivity contribution < 1.29 is 22.3 Å². The van der Waals surface area contributed by atoms with Gasteiger partial charge >= 0.3 is 0 Å². The summed E-state index contributed by atoms with van der Waals surface area (Å²) in [4.78, 5) is 12.2. The molecule has 2 N–H and O–H groups in total. The molecule has 0 atom stereocenters. The molecule has 152 valence electrons. The molecule has 0 aromatic heterocycles. The highest BCUT2D eigenvalue weighted by atomic mass is 32.2. The van der Waals surface area contributed by atoms with E-state index in [1.54, 1.807) is 19.9 Å². The molecule has 8 heteroatoms. The van der Waals surface area contributed by atoms with Crippen molar-refractivity contribution >= 4 is 21.6 Å². The largest absolute Gasteiger partial charge is 0.483 e. The van der Waals surface area contributed by atoms with Crippen LogP contribution in [0.4, 0.5) is 10.1 Å². The Morgan fingerprint density at radius 3 is 2.46 bits per heavy atom. The maximum absolute atomic E-state index is 13.3. The van der Waals surface area contributed by atoms with E-state index in [2.05, 4.69) is 10.0 Å². The topological polar surface area (TPSA) is 84.5 Å². The molecule has 0 saturated heterocycles. The highest BCUT2D eigenvalue weighted by Gasteiger charge is 2.16. The van der Waals surface area contributed by atoms with Crippen molar-refractivity contribution in [3.8, 4) is 5.75 Å². The number of carbonyl (C=O) groups excluding carboxylic acids is 1. The zero-order chi connectivity index (χ0) is 20.9. The first kappa shape index (κ1) is 21.8. The molecule has 0 spiro atoms. The van der Waals surface area contributed by atoms with Gasteiger partial charge < -0.3 is 10.1 Å². The molecule has 0 heterocycles. The Bertz CT molecular complexity index is 959. The first-order valence-corrected chi connectivity index (χ1v) is 10.4. The van der Waals surface area contributed by atoms with E-state index in [0.717, 1.165) is 5.56 Å². The predicted octanol–water partition coefficient (Wildman–Crippen LogP) is 3.39. The summed E-state index contributed by atoms with van der Waals surface area (Å²) in [6.07, 6.45) is 0. The van der Waals surface area contributed by atoms with Crippen LogP contribution in [0.5, 0.6) is 5.75 Å². The lowest BCUT2D eigenvalue weighted by Gasteiger charge is -2.13. The molecule has 0 fully saturated rings. The zero-order valence-electron chi connectivity index (χ0n) is 16.4. The summed E-state index contributed by atoms with van der Waals surface area (Å²) >= 11 is 0. The molecule has 0 radical (unpaired) electrons. The Morgan fingerprint density at radius 2 is 1.82 bits per heavy atom. The van der Waals surface area contributed by atoms with Crippen LogP contribution in [0.2, 0.25) is 0 Å². The van der Waals surface area contributed by atoms with Gasteiger partial charge in [-0.1, -0.05) is 19.9 Å². The van der Waals surface area contributed by atoms with Crippen molar-refractivity contribution in [3.63, 3.8) is 0 Å². The second kappa shape index (κ2) is 9.16. The van der Waals surface area contributed by atoms with E-state index in [9.17, 15) is 17.6 Å². The van der Waals surface area contributed by atoms with Gasteiger partial charge in [-0.3, -0.25) is 4.79 Å². The molecule has 0 aliphatic rings. The molecule has 28 heavy (non-hydrogen) atoms. The van der Waals surface area contributed by atoms with Gasteiger partial charge in [0, 0.05) is 12.2 Å². The number of anilines is 1. The minimum Gasteiger partial charge on any atom is -0.483 e. The normalized spacial score (nSPS) is 11.5. The van der Waals surface area contributed by atoms with Crippen LogP contribution in [0.3, 0.4) is 0 Å². The zero-order valence-corrected chi connectivity index (χ0v) is 17.2. The van der Waals surface area contributed by atoms with Crippen LogP contribution < -0.4 is 14.8 Å². The van der Waals surface area contributed by atoms with Crippen molar-refractivity contribution in [3.05, 3.63) is 53.3 Å². The maximum atomic E-state index is 13.3. The number of sulfonamides is 1. The van der Waals surface area contributed by atoms with Crippen LogP contribution in [0.1, 0.15) is 25.0 Å². The minimum atomic E-state index is -3.60. The number of amides is 1. The van der Waals surface area contributed by atoms with Crippen molar-refractivity contribution in [2.24, 2.45) is 5.92 Å². The van der Waals surface area contributed by atoms with Gasteiger partial charge in [-0.15, -0.1) is 0 Å². The molecular weight excluding hydrogens is 383 g/mol. The van der Waals surface area contributed by atoms with Crippen LogP contribution in [0.15, 0.2) is 41.3 Å². The third-order valence-electron chi connectivity index (χ3n) is 3.97. The molecule has 0 unspecified atom stereocenters. The van der Waals surface area contributed by atoms with Gasteiger partial charge in [-0.05, 0) is 61.2 Å². The number of halogens is 1. The Labute approximate surface area is 165 Å². The number of benzene rings is 2. The van der Waals surface area contributed by atoms with Gasteiger partial charge in [0.2, 0.25) is 10.0 Å². The Kier molecular flexibility index (Phi) is 7.15. The van der Waals surface area contributed by atoms with Crippen molar-refractivity contribution in [2.45, 2.75) is 32.6 Å². The molecule has 0 aliphatic carbocycles. The molecular formula is C20H25FN2O4S. The summed E-state index contributed by atoms with van der Waals surface area (Å²) in [5, 5.41) is 2.59. The molecule has 6 nitrogen and oxygen atoms in total. The number of nitrogens with one attached hydrogen (secondary N) is 2. The summed E-state index contributed by atoms with van der Waals surface area (Å²) in [7, 11) is -3.60. The van der Waals surface area contributed by atoms with Crippen molar-refractivity contribution in [1.82, 2.24) is 4.72 Å². The summed E-state index contributed by atoms with van der Waals surface area (Å²) < 4.78 is 45.9. The lowest BCUT2D eigenvalue weighted by molar-refractivity contribution is -0.118. The summed E-state index contributed by atoms with van der Waals surface area (Å²) in [6.45, 7) is 7.36. The lowest BCUT2D eigenvalue weighted by Crippen LogP contribution is -2.27. The van der Waals surface area contributed by atoms with Crippen LogP contribution in [-0.2, 0) is 14.8 Å². The van der Waals surface area contributed by atoms with Gasteiger partial charge in [-0.2, -0.15) is 0 Å². The summed E-state index contributed by atoms with van der Waals surface area (Å²) in [5.41, 5.74) is 1.69. The molecule has 0 bridgehead atoms. The van der Waals surface area contributed by atoms with Gasteiger partial charge in [-0.25, -0.2) is 17.5 Å². The van der Waals surface area contributed by atoms with Crippen LogP contribution in [0, 0.1) is 25.6 Å². The molecule has 2 aromatic carbocycles. The number of hydrogen-bond donors (Lipinski definition) is 2. The third-order valence-corrected chi connectivity index (χ3v) is 5.39. The number of hydrogen-bond acceptors (Lipinski definition) is 4. The Balaban J connectivity index is 2.01. The van der Waals surface area contributed by atoms with E-state index in [1.807, 2.05) is 13.8 Å². The van der Waals surface area contributed by atoms with Gasteiger partial charge in [0.25, 0.3) is 5.91 Å². The van der Waals surface area contributed by atoms with Crippen LogP contribution in [0.25, 0.3) is 0 Å². The van der Waals surface area contributed by atoms with E-state index in [1.165, 1.54) is 30.3 Å². The van der Waals surface area contributed by atoms with E-state index in [4.69, 9.17) is 4.74 Å². The van der Waals surface area contributed by atoms with Gasteiger partial charge in [0.05, 0.1) is 4.90 Å². The van der Waals surface area contributed by atoms with Crippen LogP contribution in [-0.4, -0.2) is 27.5 Å². The lowest BCUT2D eigenvalue weighted by atomic mass is 10.2. The van der Waals surface area contributed by atoms with E-state index >= 15 is 0 Å². The van der Waals surface area contributed by atoms with Crippen molar-refractivity contribution in [1.29, 1.82) is 0 Å². The highest BCUT2D eigenvalue weighted by molar-refractivity contribution is 7.89. The van der Waals surface area contributed by atoms with E-state index in [-0.39, 0.29) is 17.4 Å². The number of rotatable bonds is 8.